The van der Waals surface area contributed by atoms with Crippen molar-refractivity contribution in [2.45, 2.75) is 20.4 Å². The lowest BCUT2D eigenvalue weighted by molar-refractivity contribution is -0.120. The van der Waals surface area contributed by atoms with Gasteiger partial charge in [0.15, 0.2) is 6.61 Å². The Hall–Kier alpha value is -3.59. The molecule has 6 heteroatoms. The van der Waals surface area contributed by atoms with Crippen molar-refractivity contribution in [2.75, 3.05) is 11.5 Å². The Morgan fingerprint density at radius 1 is 1.15 bits per heavy atom. The first-order valence-corrected chi connectivity index (χ1v) is 8.48. The van der Waals surface area contributed by atoms with Crippen LogP contribution in [0.5, 0.6) is 5.75 Å². The highest BCUT2D eigenvalue weighted by atomic mass is 16.5. The second-order valence-corrected chi connectivity index (χ2v) is 6.04. The van der Waals surface area contributed by atoms with Crippen LogP contribution in [0.2, 0.25) is 0 Å². The molecular formula is C21H19N3O3. The Bertz CT molecular complexity index is 937. The molecule has 0 aliphatic heterocycles. The molecule has 0 spiro atoms. The molecule has 0 saturated carbocycles. The smallest absolute Gasteiger partial charge is 0.265 e. The van der Waals surface area contributed by atoms with Crippen molar-refractivity contribution in [3.63, 3.8) is 0 Å². The van der Waals surface area contributed by atoms with E-state index in [9.17, 15) is 4.79 Å². The van der Waals surface area contributed by atoms with Gasteiger partial charge in [-0.15, -0.1) is 0 Å². The third kappa shape index (κ3) is 4.33. The molecule has 0 radical (unpaired) electrons. The molecule has 6 nitrogen and oxygen atoms in total. The quantitative estimate of drug-likeness (QED) is 0.668. The number of hydrogen-bond donors (Lipinski definition) is 0. The minimum atomic E-state index is -0.189. The molecule has 1 aromatic heterocycles. The van der Waals surface area contributed by atoms with Gasteiger partial charge in [-0.25, -0.2) is 0 Å². The van der Waals surface area contributed by atoms with E-state index in [0.717, 1.165) is 16.9 Å². The van der Waals surface area contributed by atoms with Gasteiger partial charge in [0.2, 0.25) is 0 Å². The second-order valence-electron chi connectivity index (χ2n) is 6.04. The topological polar surface area (TPSA) is 79.4 Å². The van der Waals surface area contributed by atoms with Crippen molar-refractivity contribution in [1.82, 2.24) is 5.16 Å². The molecule has 3 rings (SSSR count). The van der Waals surface area contributed by atoms with Crippen molar-refractivity contribution < 1.29 is 14.1 Å². The molecule has 1 amide bonds. The number of aromatic nitrogens is 1. The van der Waals surface area contributed by atoms with Crippen LogP contribution >= 0.6 is 0 Å². The summed E-state index contributed by atoms with van der Waals surface area (Å²) in [7, 11) is 0. The summed E-state index contributed by atoms with van der Waals surface area (Å²) in [5.74, 6) is 1.03. The summed E-state index contributed by atoms with van der Waals surface area (Å²) in [6, 6.07) is 18.1. The zero-order valence-electron chi connectivity index (χ0n) is 15.2. The SMILES string of the molecule is Cc1noc(C)c1CN(C(=O)COc1ccc(C#N)cc1)c1ccccc1. The molecule has 136 valence electrons. The largest absolute Gasteiger partial charge is 0.484 e. The van der Waals surface area contributed by atoms with Crippen LogP contribution in [0.3, 0.4) is 0 Å². The van der Waals surface area contributed by atoms with Gasteiger partial charge in [-0.1, -0.05) is 23.4 Å². The zero-order chi connectivity index (χ0) is 19.2. The predicted octanol–water partition coefficient (Wildman–Crippen LogP) is 3.78. The van der Waals surface area contributed by atoms with Crippen LogP contribution in [-0.4, -0.2) is 17.7 Å². The summed E-state index contributed by atoms with van der Waals surface area (Å²) in [6.07, 6.45) is 0. The van der Waals surface area contributed by atoms with E-state index in [1.807, 2.05) is 50.2 Å². The fourth-order valence-corrected chi connectivity index (χ4v) is 2.67. The molecule has 0 unspecified atom stereocenters. The summed E-state index contributed by atoms with van der Waals surface area (Å²) in [5, 5.41) is 12.8. The summed E-state index contributed by atoms with van der Waals surface area (Å²) in [5.41, 5.74) is 2.95. The first kappa shape index (κ1) is 18.2. The van der Waals surface area contributed by atoms with E-state index >= 15 is 0 Å². The summed E-state index contributed by atoms with van der Waals surface area (Å²) < 4.78 is 10.8. The van der Waals surface area contributed by atoms with E-state index in [1.165, 1.54) is 0 Å². The molecule has 0 bridgehead atoms. The monoisotopic (exact) mass is 361 g/mol. The molecule has 0 fully saturated rings. The number of nitriles is 1. The first-order valence-electron chi connectivity index (χ1n) is 8.48. The van der Waals surface area contributed by atoms with Gasteiger partial charge in [0.1, 0.15) is 11.5 Å². The van der Waals surface area contributed by atoms with E-state index in [1.54, 1.807) is 29.2 Å². The van der Waals surface area contributed by atoms with Gasteiger partial charge < -0.3 is 14.2 Å². The third-order valence-electron chi connectivity index (χ3n) is 4.21. The number of carbonyl (C=O) groups is 1. The number of anilines is 1. The highest BCUT2D eigenvalue weighted by molar-refractivity contribution is 5.94. The number of para-hydroxylation sites is 1. The molecule has 3 aromatic rings. The Balaban J connectivity index is 1.77. The minimum absolute atomic E-state index is 0.121. The maximum absolute atomic E-state index is 12.9. The van der Waals surface area contributed by atoms with Gasteiger partial charge in [-0.2, -0.15) is 5.26 Å². The molecule has 0 saturated heterocycles. The number of ether oxygens (including phenoxy) is 1. The average molecular weight is 361 g/mol. The van der Waals surface area contributed by atoms with E-state index < -0.39 is 0 Å². The lowest BCUT2D eigenvalue weighted by atomic mass is 10.1. The van der Waals surface area contributed by atoms with Crippen molar-refractivity contribution in [2.24, 2.45) is 0 Å². The maximum Gasteiger partial charge on any atom is 0.265 e. The normalized spacial score (nSPS) is 10.3. The Morgan fingerprint density at radius 2 is 1.85 bits per heavy atom. The van der Waals surface area contributed by atoms with Crippen LogP contribution in [0.1, 0.15) is 22.6 Å². The van der Waals surface area contributed by atoms with Crippen LogP contribution in [0, 0.1) is 25.2 Å². The Kier molecular flexibility index (Phi) is 5.53. The number of amides is 1. The molecule has 0 aliphatic rings. The molecule has 2 aromatic carbocycles. The molecule has 0 aliphatic carbocycles. The molecular weight excluding hydrogens is 342 g/mol. The van der Waals surface area contributed by atoms with Crippen LogP contribution in [0.15, 0.2) is 59.1 Å². The van der Waals surface area contributed by atoms with Crippen molar-refractivity contribution in [3.8, 4) is 11.8 Å². The summed E-state index contributed by atoms with van der Waals surface area (Å²) >= 11 is 0. The average Bonchev–Trinajstić information content (AvgIpc) is 3.03. The van der Waals surface area contributed by atoms with Gasteiger partial charge >= 0.3 is 0 Å². The molecule has 27 heavy (non-hydrogen) atoms. The van der Waals surface area contributed by atoms with Crippen molar-refractivity contribution >= 4 is 11.6 Å². The predicted molar refractivity (Wildman–Crippen MR) is 100 cm³/mol. The number of benzene rings is 2. The van der Waals surface area contributed by atoms with Gasteiger partial charge in [0.25, 0.3) is 5.91 Å². The minimum Gasteiger partial charge on any atom is -0.484 e. The number of carbonyl (C=O) groups excluding carboxylic acids is 1. The summed E-state index contributed by atoms with van der Waals surface area (Å²) in [4.78, 5) is 14.5. The van der Waals surface area contributed by atoms with Gasteiger partial charge in [-0.05, 0) is 50.2 Å². The molecule has 1 heterocycles. The highest BCUT2D eigenvalue weighted by Crippen LogP contribution is 2.21. The number of nitrogens with zero attached hydrogens (tertiary/aromatic N) is 3. The lowest BCUT2D eigenvalue weighted by Gasteiger charge is -2.23. The third-order valence-corrected chi connectivity index (χ3v) is 4.21. The van der Waals surface area contributed by atoms with Crippen LogP contribution < -0.4 is 9.64 Å². The highest BCUT2D eigenvalue weighted by Gasteiger charge is 2.20. The fourth-order valence-electron chi connectivity index (χ4n) is 2.67. The van der Waals surface area contributed by atoms with E-state index in [4.69, 9.17) is 14.5 Å². The van der Waals surface area contributed by atoms with Gasteiger partial charge in [-0.3, -0.25) is 4.79 Å². The molecule has 0 N–H and O–H groups in total. The zero-order valence-corrected chi connectivity index (χ0v) is 15.2. The maximum atomic E-state index is 12.9. The van der Waals surface area contributed by atoms with E-state index in [-0.39, 0.29) is 12.5 Å². The Labute approximate surface area is 157 Å². The van der Waals surface area contributed by atoms with Crippen molar-refractivity contribution in [3.05, 3.63) is 77.2 Å². The Morgan fingerprint density at radius 3 is 2.44 bits per heavy atom. The standard InChI is InChI=1S/C21H19N3O3/c1-15-20(16(2)27-23-15)13-24(18-6-4-3-5-7-18)21(25)14-26-19-10-8-17(12-22)9-11-19/h3-11H,13-14H2,1-2H3. The van der Waals surface area contributed by atoms with Gasteiger partial charge in [0.05, 0.1) is 23.9 Å². The second kappa shape index (κ2) is 8.19. The summed E-state index contributed by atoms with van der Waals surface area (Å²) in [6.45, 7) is 3.91. The fraction of sp³-hybridized carbons (Fsp3) is 0.190. The number of rotatable bonds is 6. The number of hydrogen-bond acceptors (Lipinski definition) is 5. The van der Waals surface area contributed by atoms with Crippen LogP contribution in [0.25, 0.3) is 0 Å². The lowest BCUT2D eigenvalue weighted by Crippen LogP contribution is -2.34. The van der Waals surface area contributed by atoms with Gasteiger partial charge in [0, 0.05) is 11.3 Å². The van der Waals surface area contributed by atoms with Crippen LogP contribution in [-0.2, 0) is 11.3 Å². The van der Waals surface area contributed by atoms with Crippen LogP contribution in [0.4, 0.5) is 5.69 Å². The molecule has 0 atom stereocenters. The van der Waals surface area contributed by atoms with E-state index in [2.05, 4.69) is 5.16 Å². The van der Waals surface area contributed by atoms with E-state index in [0.29, 0.717) is 23.6 Å². The van der Waals surface area contributed by atoms with Crippen molar-refractivity contribution in [1.29, 1.82) is 5.26 Å². The number of aryl methyl sites for hydroxylation is 2. The first-order chi connectivity index (χ1) is 13.1.